The van der Waals surface area contributed by atoms with Gasteiger partial charge in [-0.05, 0) is 140 Å². The maximum absolute atomic E-state index is 12.4. The van der Waals surface area contributed by atoms with Crippen molar-refractivity contribution >= 4 is 70.9 Å². The van der Waals surface area contributed by atoms with Gasteiger partial charge in [0.2, 0.25) is 0 Å². The molecule has 454 valence electrons. The maximum atomic E-state index is 12.4. The van der Waals surface area contributed by atoms with Gasteiger partial charge in [-0.15, -0.1) is 0 Å². The van der Waals surface area contributed by atoms with Crippen LogP contribution in [-0.2, 0) is 0 Å². The summed E-state index contributed by atoms with van der Waals surface area (Å²) in [5.74, 6) is 0.490. The lowest BCUT2D eigenvalue weighted by molar-refractivity contribution is 0.100. The summed E-state index contributed by atoms with van der Waals surface area (Å²) in [5, 5.41) is 18.9. The molecule has 15 heteroatoms. The first-order valence-electron chi connectivity index (χ1n) is 27.4. The van der Waals surface area contributed by atoms with Gasteiger partial charge in [-0.3, -0.25) is 38.4 Å². The Balaban J connectivity index is 0.000000498. The number of carbonyl (C=O) groups excluding carboxylic acids is 8. The number of phenolic OH excluding ortho intramolecular Hbond substituents is 1. The molecule has 0 atom stereocenters. The highest BCUT2D eigenvalue weighted by atomic mass is 28.3. The molecule has 0 saturated carbocycles. The zero-order chi connectivity index (χ0) is 66.0. The summed E-state index contributed by atoms with van der Waals surface area (Å²) in [6.07, 6.45) is 0. The van der Waals surface area contributed by atoms with E-state index in [-0.39, 0.29) is 57.8 Å². The molecule has 0 aliphatic heterocycles. The van der Waals surface area contributed by atoms with Gasteiger partial charge in [-0.2, -0.15) is 5.26 Å². The number of aromatic hydroxyl groups is 1. The van der Waals surface area contributed by atoms with Crippen molar-refractivity contribution < 1.29 is 52.6 Å². The van der Waals surface area contributed by atoms with Crippen LogP contribution in [0.15, 0.2) is 194 Å². The van der Waals surface area contributed by atoms with Crippen molar-refractivity contribution in [2.45, 2.75) is 82.0 Å². The summed E-state index contributed by atoms with van der Waals surface area (Å²) in [4.78, 5) is 89.2. The number of benzene rings is 8. The topological polar surface area (TPSA) is 219 Å². The molecule has 8 aromatic carbocycles. The van der Waals surface area contributed by atoms with E-state index in [0.29, 0.717) is 44.8 Å². The van der Waals surface area contributed by atoms with E-state index in [1.54, 1.807) is 107 Å². The Morgan fingerprint density at radius 2 is 0.874 bits per heavy atom. The zero-order valence-corrected chi connectivity index (χ0v) is 53.4. The third kappa shape index (κ3) is 27.9. The molecule has 0 amide bonds. The number of nitrogens with zero attached hydrogens (tertiary/aromatic N) is 2. The second-order valence-corrected chi connectivity index (χ2v) is 25.5. The van der Waals surface area contributed by atoms with E-state index >= 15 is 0 Å². The van der Waals surface area contributed by atoms with Crippen molar-refractivity contribution in [3.63, 3.8) is 0 Å². The number of methoxy groups -OCH3 is 1. The zero-order valence-electron chi connectivity index (χ0n) is 52.4. The van der Waals surface area contributed by atoms with Gasteiger partial charge in [0, 0.05) is 58.9 Å². The number of ether oxygens (including phenoxy) is 1. The van der Waals surface area contributed by atoms with E-state index < -0.39 is 8.07 Å². The number of nitriles is 1. The number of hydrogen-bond donors (Lipinski definition) is 2. The Morgan fingerprint density at radius 3 is 1.22 bits per heavy atom. The van der Waals surface area contributed by atoms with Gasteiger partial charge in [0.05, 0.1) is 37.9 Å². The first kappa shape index (κ1) is 75.0. The predicted molar refractivity (Wildman–Crippen MR) is 351 cm³/mol. The number of hydrogen-bond acceptors (Lipinski definition) is 13. The van der Waals surface area contributed by atoms with Gasteiger partial charge in [-0.1, -0.05) is 147 Å². The molecule has 0 spiro atoms. The van der Waals surface area contributed by atoms with Gasteiger partial charge in [0.25, 0.3) is 0 Å². The minimum Gasteiger partial charge on any atom is -0.507 e. The van der Waals surface area contributed by atoms with Crippen molar-refractivity contribution in [2.24, 2.45) is 0 Å². The second-order valence-electron chi connectivity index (χ2n) is 20.5. The molecule has 13 nitrogen and oxygen atoms in total. The molecular weight excluding hydrogens is 1110 g/mol. The quantitative estimate of drug-likeness (QED) is 0.0700. The number of halogens is 1. The van der Waals surface area contributed by atoms with Crippen LogP contribution >= 0.6 is 0 Å². The number of rotatable bonds is 11. The highest BCUT2D eigenvalue weighted by molar-refractivity contribution is 6.89. The number of anilines is 2. The predicted octanol–water partition coefficient (Wildman–Crippen LogP) is 15.3. The Bertz CT molecular complexity index is 3540. The van der Waals surface area contributed by atoms with Crippen LogP contribution in [0.4, 0.5) is 15.8 Å². The smallest absolute Gasteiger partial charge is 0.163 e. The van der Waals surface area contributed by atoms with Crippen LogP contribution in [0.25, 0.3) is 0 Å². The highest BCUT2D eigenvalue weighted by Crippen LogP contribution is 2.19. The van der Waals surface area contributed by atoms with Crippen LogP contribution in [0.1, 0.15) is 149 Å². The summed E-state index contributed by atoms with van der Waals surface area (Å²) in [5.41, 5.74) is 13.6. The third-order valence-electron chi connectivity index (χ3n) is 12.1. The van der Waals surface area contributed by atoms with Crippen LogP contribution in [0.5, 0.6) is 11.5 Å². The Kier molecular flexibility index (Phi) is 33.4. The maximum Gasteiger partial charge on any atom is 0.163 e. The largest absolute Gasteiger partial charge is 0.507 e. The van der Waals surface area contributed by atoms with Gasteiger partial charge in [0.1, 0.15) is 17.3 Å². The lowest BCUT2D eigenvalue weighted by Gasteiger charge is -2.19. The molecule has 0 aromatic heterocycles. The first-order valence-corrected chi connectivity index (χ1v) is 30.9. The molecule has 3 N–H and O–H groups in total. The Hall–Kier alpha value is -10.0. The molecule has 0 heterocycles. The van der Waals surface area contributed by atoms with Crippen molar-refractivity contribution in [1.82, 2.24) is 0 Å². The van der Waals surface area contributed by atoms with E-state index in [1.165, 1.54) is 64.1 Å². The van der Waals surface area contributed by atoms with Gasteiger partial charge in [-0.25, -0.2) is 4.39 Å². The number of aryl methyl sites for hydroxylation is 1. The normalized spacial score (nSPS) is 9.60. The molecular formula is C72H80FN3O10Si. The van der Waals surface area contributed by atoms with Crippen molar-refractivity contribution in [3.8, 4) is 17.6 Å². The third-order valence-corrected chi connectivity index (χ3v) is 14.1. The highest BCUT2D eigenvalue weighted by Gasteiger charge is 2.21. The number of phenols is 1. The first-order chi connectivity index (χ1) is 40.9. The van der Waals surface area contributed by atoms with Crippen LogP contribution in [0.3, 0.4) is 0 Å². The molecule has 0 saturated heterocycles. The number of Topliss-reactive ketones (excluding diaryl/α,β-unsaturated/α-hetero) is 8. The number of ketones is 8. The molecule has 0 radical (unpaired) electrons. The standard InChI is InChI=1S/C11H16OSi.C10H13NO.C9H7NO.C9H10O2.C9H10O.C8H7FO.C8H9NO.C8H8O2/c1-9(12)10-7-5-6-8-11(10)13(2,3)4;1-8(12)9-6-4-5-7-10(9)11(2)3;1-7(11)9-5-3-2-4-8(9)6-10;1-7(10)8-5-3-4-6-9(8)11-2;1-7-4-3-5-9(6-7)8(2)10;1-6(10)7-3-2-4-8(9)5-7;1-6(10)7-4-2-3-5-8(7)9;1-6(9)7-4-2-3-5-8(7)10/h5-8H,1-4H3;4-7H,1-3H3;2-5H,1H3;3-6H,1-2H3;3-6H,1-2H3;2-5H,1H3;2-5H,9H2,1H3;2-5,10H,1H3. The van der Waals surface area contributed by atoms with Crippen molar-refractivity contribution in [1.29, 1.82) is 5.26 Å². The fourth-order valence-electron chi connectivity index (χ4n) is 7.59. The minimum atomic E-state index is -1.36. The molecule has 0 bridgehead atoms. The lowest BCUT2D eigenvalue weighted by Crippen LogP contribution is -2.40. The molecule has 0 unspecified atom stereocenters. The minimum absolute atomic E-state index is 0.0121. The summed E-state index contributed by atoms with van der Waals surface area (Å²) in [7, 11) is 4.06. The van der Waals surface area contributed by atoms with Crippen molar-refractivity contribution in [3.05, 3.63) is 256 Å². The van der Waals surface area contributed by atoms with Crippen LogP contribution in [-0.4, -0.2) is 80.7 Å². The molecule has 8 aromatic rings. The van der Waals surface area contributed by atoms with E-state index in [1.807, 2.05) is 117 Å². The Morgan fingerprint density at radius 1 is 0.471 bits per heavy atom. The molecule has 8 rings (SSSR count). The number of para-hydroxylation sites is 4. The van der Waals surface area contributed by atoms with Crippen molar-refractivity contribution in [2.75, 3.05) is 31.8 Å². The summed E-state index contributed by atoms with van der Waals surface area (Å²) < 4.78 is 17.4. The summed E-state index contributed by atoms with van der Waals surface area (Å²) in [6.45, 7) is 20.9. The Labute approximate surface area is 513 Å². The fourth-order valence-corrected chi connectivity index (χ4v) is 9.25. The van der Waals surface area contributed by atoms with E-state index in [0.717, 1.165) is 27.9 Å². The second kappa shape index (κ2) is 38.7. The van der Waals surface area contributed by atoms with Gasteiger partial charge in [0.15, 0.2) is 46.3 Å². The van der Waals surface area contributed by atoms with E-state index in [4.69, 9.17) is 20.8 Å². The number of nitrogen functional groups attached to an aromatic ring is 1. The SMILES string of the molecule is CC(=O)c1cccc(C)c1.CC(=O)c1cccc(F)c1.CC(=O)c1ccccc1C#N.CC(=O)c1ccccc1N.CC(=O)c1ccccc1N(C)C.CC(=O)c1ccccc1O.CC(=O)c1ccccc1[Si](C)(C)C.COc1ccccc1C(C)=O. The number of nitrogens with two attached hydrogens (primary N) is 1. The summed E-state index contributed by atoms with van der Waals surface area (Å²) in [6, 6.07) is 58.2. The van der Waals surface area contributed by atoms with Crippen LogP contribution in [0, 0.1) is 24.1 Å². The van der Waals surface area contributed by atoms with E-state index in [9.17, 15) is 42.7 Å². The van der Waals surface area contributed by atoms with E-state index in [2.05, 4.69) is 25.7 Å². The summed E-state index contributed by atoms with van der Waals surface area (Å²) >= 11 is 0. The lowest BCUT2D eigenvalue weighted by atomic mass is 10.1. The monoisotopic (exact) mass is 1190 g/mol. The fraction of sp³-hybridized carbons (Fsp3) is 0.208. The van der Waals surface area contributed by atoms with Gasteiger partial charge < -0.3 is 20.5 Å². The van der Waals surface area contributed by atoms with Gasteiger partial charge >= 0.3 is 0 Å². The average Bonchev–Trinajstić information content (AvgIpc) is 3.69. The average molecular weight is 1190 g/mol. The number of carbonyl (C=O) groups is 8. The van der Waals surface area contributed by atoms with Crippen LogP contribution in [0.2, 0.25) is 19.6 Å². The van der Waals surface area contributed by atoms with Crippen LogP contribution < -0.4 is 20.6 Å². The molecule has 87 heavy (non-hydrogen) atoms. The molecule has 0 aliphatic rings. The molecule has 0 fully saturated rings. The molecule has 0 aliphatic carbocycles.